The van der Waals surface area contributed by atoms with Crippen LogP contribution in [0.4, 0.5) is 10.1 Å². The summed E-state index contributed by atoms with van der Waals surface area (Å²) in [5.41, 5.74) is -0.509. The molecule has 1 aromatic rings. The summed E-state index contributed by atoms with van der Waals surface area (Å²) < 4.78 is 13.4. The summed E-state index contributed by atoms with van der Waals surface area (Å²) in [5.74, 6) is -2.57. The van der Waals surface area contributed by atoms with Gasteiger partial charge in [0.1, 0.15) is 11.4 Å². The Labute approximate surface area is 109 Å². The molecule has 1 amide bonds. The average Bonchev–Trinajstić information content (AvgIpc) is 2.81. The third-order valence-corrected chi connectivity index (χ3v) is 3.10. The molecule has 5 nitrogen and oxygen atoms in total. The first-order valence-corrected chi connectivity index (χ1v) is 6.13. The van der Waals surface area contributed by atoms with Gasteiger partial charge >= 0.3 is 5.97 Å². The second-order valence-electron chi connectivity index (χ2n) is 4.51. The van der Waals surface area contributed by atoms with Gasteiger partial charge < -0.3 is 15.7 Å². The molecule has 6 heteroatoms. The Hall–Kier alpha value is -1.95. The Bertz CT molecular complexity index is 499. The van der Waals surface area contributed by atoms with Crippen LogP contribution in [-0.4, -0.2) is 29.6 Å². The SMILES string of the molecule is O=C(CC1CCCN1)Nc1cccc(F)c1C(=O)O. The van der Waals surface area contributed by atoms with E-state index in [9.17, 15) is 14.0 Å². The molecule has 1 aliphatic rings. The van der Waals surface area contributed by atoms with Gasteiger partial charge in [-0.2, -0.15) is 0 Å². The summed E-state index contributed by atoms with van der Waals surface area (Å²) >= 11 is 0. The normalized spacial score (nSPS) is 18.3. The van der Waals surface area contributed by atoms with Gasteiger partial charge in [-0.1, -0.05) is 6.07 Å². The van der Waals surface area contributed by atoms with Gasteiger partial charge in [-0.3, -0.25) is 4.79 Å². The molecule has 0 aliphatic carbocycles. The van der Waals surface area contributed by atoms with Gasteiger partial charge in [-0.25, -0.2) is 9.18 Å². The highest BCUT2D eigenvalue weighted by Crippen LogP contribution is 2.19. The van der Waals surface area contributed by atoms with Crippen molar-refractivity contribution < 1.29 is 19.1 Å². The maximum atomic E-state index is 13.4. The number of hydrogen-bond donors (Lipinski definition) is 3. The zero-order chi connectivity index (χ0) is 13.8. The summed E-state index contributed by atoms with van der Waals surface area (Å²) in [6, 6.07) is 3.91. The van der Waals surface area contributed by atoms with Crippen LogP contribution in [0.3, 0.4) is 0 Å². The molecule has 102 valence electrons. The number of anilines is 1. The third kappa shape index (κ3) is 3.29. The number of rotatable bonds is 4. The number of carboxylic acids is 1. The summed E-state index contributed by atoms with van der Waals surface area (Å²) in [6.07, 6.45) is 2.20. The van der Waals surface area contributed by atoms with Crippen molar-refractivity contribution in [2.75, 3.05) is 11.9 Å². The first kappa shape index (κ1) is 13.5. The molecule has 0 saturated carbocycles. The highest BCUT2D eigenvalue weighted by Gasteiger charge is 2.20. The fourth-order valence-corrected chi connectivity index (χ4v) is 2.20. The monoisotopic (exact) mass is 266 g/mol. The lowest BCUT2D eigenvalue weighted by Gasteiger charge is -2.12. The van der Waals surface area contributed by atoms with Gasteiger partial charge in [0.25, 0.3) is 0 Å². The second kappa shape index (κ2) is 5.79. The topological polar surface area (TPSA) is 78.4 Å². The van der Waals surface area contributed by atoms with Crippen LogP contribution in [0.1, 0.15) is 29.6 Å². The minimum Gasteiger partial charge on any atom is -0.478 e. The van der Waals surface area contributed by atoms with Gasteiger partial charge in [0.2, 0.25) is 5.91 Å². The van der Waals surface area contributed by atoms with E-state index < -0.39 is 17.3 Å². The Morgan fingerprint density at radius 1 is 1.47 bits per heavy atom. The molecule has 1 saturated heterocycles. The Morgan fingerprint density at radius 2 is 2.26 bits per heavy atom. The first-order valence-electron chi connectivity index (χ1n) is 6.13. The lowest BCUT2D eigenvalue weighted by molar-refractivity contribution is -0.116. The predicted octanol–water partition coefficient (Wildman–Crippen LogP) is 1.60. The fourth-order valence-electron chi connectivity index (χ4n) is 2.20. The number of halogens is 1. The summed E-state index contributed by atoms with van der Waals surface area (Å²) in [4.78, 5) is 22.8. The van der Waals surface area contributed by atoms with Crippen molar-refractivity contribution >= 4 is 17.6 Å². The quantitative estimate of drug-likeness (QED) is 0.773. The van der Waals surface area contributed by atoms with Crippen molar-refractivity contribution in [3.8, 4) is 0 Å². The molecule has 2 rings (SSSR count). The van der Waals surface area contributed by atoms with Crippen LogP contribution in [0, 0.1) is 5.82 Å². The van der Waals surface area contributed by atoms with Crippen LogP contribution in [0.25, 0.3) is 0 Å². The van der Waals surface area contributed by atoms with E-state index in [0.29, 0.717) is 0 Å². The van der Waals surface area contributed by atoms with E-state index in [1.54, 1.807) is 0 Å². The first-order chi connectivity index (χ1) is 9.08. The largest absolute Gasteiger partial charge is 0.478 e. The molecule has 0 bridgehead atoms. The minimum atomic E-state index is -1.40. The molecule has 0 aromatic heterocycles. The number of carbonyl (C=O) groups excluding carboxylic acids is 1. The van der Waals surface area contributed by atoms with E-state index in [2.05, 4.69) is 10.6 Å². The van der Waals surface area contributed by atoms with E-state index in [1.165, 1.54) is 12.1 Å². The fraction of sp³-hybridized carbons (Fsp3) is 0.385. The van der Waals surface area contributed by atoms with Crippen LogP contribution in [0.15, 0.2) is 18.2 Å². The number of carbonyl (C=O) groups is 2. The lowest BCUT2D eigenvalue weighted by Crippen LogP contribution is -2.28. The molecule has 1 aliphatic heterocycles. The number of aromatic carboxylic acids is 1. The van der Waals surface area contributed by atoms with E-state index in [0.717, 1.165) is 25.5 Å². The zero-order valence-corrected chi connectivity index (χ0v) is 10.3. The summed E-state index contributed by atoms with van der Waals surface area (Å²) in [7, 11) is 0. The highest BCUT2D eigenvalue weighted by molar-refractivity contribution is 6.00. The molecule has 1 unspecified atom stereocenters. The average molecular weight is 266 g/mol. The number of hydrogen-bond acceptors (Lipinski definition) is 3. The van der Waals surface area contributed by atoms with Crippen LogP contribution in [0.5, 0.6) is 0 Å². The van der Waals surface area contributed by atoms with E-state index >= 15 is 0 Å². The maximum Gasteiger partial charge on any atom is 0.340 e. The molecule has 1 fully saturated rings. The smallest absolute Gasteiger partial charge is 0.340 e. The van der Waals surface area contributed by atoms with E-state index in [4.69, 9.17) is 5.11 Å². The standard InChI is InChI=1S/C13H15FN2O3/c14-9-4-1-5-10(12(9)13(18)19)16-11(17)7-8-3-2-6-15-8/h1,4-5,8,15H,2-3,6-7H2,(H,16,17)(H,18,19). The van der Waals surface area contributed by atoms with Crippen LogP contribution in [-0.2, 0) is 4.79 Å². The third-order valence-electron chi connectivity index (χ3n) is 3.10. The lowest BCUT2D eigenvalue weighted by atomic mass is 10.1. The van der Waals surface area contributed by atoms with E-state index in [-0.39, 0.29) is 24.1 Å². The number of nitrogens with one attached hydrogen (secondary N) is 2. The number of carboxylic acid groups (broad SMARTS) is 1. The van der Waals surface area contributed by atoms with Crippen molar-refractivity contribution in [2.24, 2.45) is 0 Å². The number of benzene rings is 1. The summed E-state index contributed by atoms with van der Waals surface area (Å²) in [5, 5.41) is 14.6. The molecular weight excluding hydrogens is 251 g/mol. The molecule has 3 N–H and O–H groups in total. The Kier molecular flexibility index (Phi) is 4.11. The minimum absolute atomic E-state index is 0.00417. The molecular formula is C13H15FN2O3. The predicted molar refractivity (Wildman–Crippen MR) is 67.6 cm³/mol. The Morgan fingerprint density at radius 3 is 2.89 bits per heavy atom. The van der Waals surface area contributed by atoms with Gasteiger partial charge in [-0.15, -0.1) is 0 Å². The van der Waals surface area contributed by atoms with Crippen LogP contribution < -0.4 is 10.6 Å². The molecule has 0 spiro atoms. The molecule has 0 radical (unpaired) electrons. The van der Waals surface area contributed by atoms with Gasteiger partial charge in [0, 0.05) is 12.5 Å². The highest BCUT2D eigenvalue weighted by atomic mass is 19.1. The van der Waals surface area contributed by atoms with Crippen molar-refractivity contribution in [1.29, 1.82) is 0 Å². The van der Waals surface area contributed by atoms with Gasteiger partial charge in [0.05, 0.1) is 5.69 Å². The molecule has 1 atom stereocenters. The second-order valence-corrected chi connectivity index (χ2v) is 4.51. The van der Waals surface area contributed by atoms with Crippen molar-refractivity contribution in [3.05, 3.63) is 29.6 Å². The van der Waals surface area contributed by atoms with Crippen molar-refractivity contribution in [3.63, 3.8) is 0 Å². The van der Waals surface area contributed by atoms with Crippen molar-refractivity contribution in [1.82, 2.24) is 5.32 Å². The molecule has 1 heterocycles. The van der Waals surface area contributed by atoms with Gasteiger partial charge in [0.15, 0.2) is 0 Å². The van der Waals surface area contributed by atoms with Crippen molar-refractivity contribution in [2.45, 2.75) is 25.3 Å². The maximum absolute atomic E-state index is 13.4. The molecule has 1 aromatic carbocycles. The Balaban J connectivity index is 2.07. The zero-order valence-electron chi connectivity index (χ0n) is 10.3. The van der Waals surface area contributed by atoms with Crippen LogP contribution in [0.2, 0.25) is 0 Å². The number of amides is 1. The van der Waals surface area contributed by atoms with E-state index in [1.807, 2.05) is 0 Å². The van der Waals surface area contributed by atoms with Gasteiger partial charge in [-0.05, 0) is 31.5 Å². The molecule has 19 heavy (non-hydrogen) atoms. The van der Waals surface area contributed by atoms with Crippen LogP contribution >= 0.6 is 0 Å². The summed E-state index contributed by atoms with van der Waals surface area (Å²) in [6.45, 7) is 0.887.